The molecular formula is C36H36O3. The minimum absolute atomic E-state index is 0.00860. The van der Waals surface area contributed by atoms with E-state index >= 15 is 0 Å². The molecule has 198 valence electrons. The molecule has 0 spiro atoms. The van der Waals surface area contributed by atoms with Crippen LogP contribution in [0, 0.1) is 5.92 Å². The third-order valence-electron chi connectivity index (χ3n) is 8.06. The lowest BCUT2D eigenvalue weighted by atomic mass is 9.73. The number of hydrogen-bond acceptors (Lipinski definition) is 3. The standard InChI is InChI=1S/C36H36O3/c37-33-27-36(25-23-29-15-7-2-8-16-29,26-24-30-17-9-3-10-18-30)39-35(38)34(33)32(31-19-11-4-12-20-31)22-21-28-13-5-1-6-14-28/h1-20,32,34H,21-27H2. The van der Waals surface area contributed by atoms with Crippen molar-refractivity contribution in [1.29, 1.82) is 0 Å². The maximum atomic E-state index is 14.0. The van der Waals surface area contributed by atoms with Gasteiger partial charge in [0.05, 0.1) is 0 Å². The Bertz CT molecular complexity index is 1270. The number of ether oxygens (including phenoxy) is 1. The van der Waals surface area contributed by atoms with Crippen molar-refractivity contribution in [3.63, 3.8) is 0 Å². The Morgan fingerprint density at radius 3 is 1.51 bits per heavy atom. The molecule has 0 aliphatic carbocycles. The lowest BCUT2D eigenvalue weighted by molar-refractivity contribution is -0.180. The van der Waals surface area contributed by atoms with Gasteiger partial charge in [0.2, 0.25) is 0 Å². The monoisotopic (exact) mass is 516 g/mol. The van der Waals surface area contributed by atoms with E-state index < -0.39 is 11.5 Å². The zero-order valence-corrected chi connectivity index (χ0v) is 22.4. The van der Waals surface area contributed by atoms with Crippen LogP contribution in [0.3, 0.4) is 0 Å². The van der Waals surface area contributed by atoms with Gasteiger partial charge in [0, 0.05) is 12.3 Å². The average molecular weight is 517 g/mol. The van der Waals surface area contributed by atoms with E-state index in [4.69, 9.17) is 4.74 Å². The molecule has 1 fully saturated rings. The Balaban J connectivity index is 1.38. The Labute approximate surface area is 231 Å². The Kier molecular flexibility index (Phi) is 8.68. The molecular weight excluding hydrogens is 480 g/mol. The summed E-state index contributed by atoms with van der Waals surface area (Å²) in [5, 5.41) is 0. The molecule has 0 bridgehead atoms. The van der Waals surface area contributed by atoms with Crippen molar-refractivity contribution in [3.8, 4) is 0 Å². The zero-order chi connectivity index (χ0) is 26.9. The molecule has 2 unspecified atom stereocenters. The van der Waals surface area contributed by atoms with Crippen LogP contribution >= 0.6 is 0 Å². The Morgan fingerprint density at radius 2 is 1.05 bits per heavy atom. The van der Waals surface area contributed by atoms with Crippen molar-refractivity contribution in [3.05, 3.63) is 144 Å². The Hall–Kier alpha value is -3.98. The van der Waals surface area contributed by atoms with Crippen molar-refractivity contribution in [2.75, 3.05) is 0 Å². The molecule has 1 heterocycles. The van der Waals surface area contributed by atoms with Crippen LogP contribution < -0.4 is 0 Å². The zero-order valence-electron chi connectivity index (χ0n) is 22.4. The number of rotatable bonds is 11. The van der Waals surface area contributed by atoms with E-state index in [0.717, 1.165) is 24.8 Å². The maximum Gasteiger partial charge on any atom is 0.317 e. The van der Waals surface area contributed by atoms with Gasteiger partial charge in [-0.05, 0) is 60.8 Å². The Morgan fingerprint density at radius 1 is 0.615 bits per heavy atom. The van der Waals surface area contributed by atoms with Crippen molar-refractivity contribution in [2.45, 2.75) is 56.5 Å². The molecule has 0 N–H and O–H groups in total. The van der Waals surface area contributed by atoms with Crippen LogP contribution in [-0.4, -0.2) is 17.4 Å². The first-order valence-electron chi connectivity index (χ1n) is 14.0. The van der Waals surface area contributed by atoms with Crippen molar-refractivity contribution < 1.29 is 14.3 Å². The van der Waals surface area contributed by atoms with E-state index in [1.807, 2.05) is 84.9 Å². The molecule has 1 saturated heterocycles. The highest BCUT2D eigenvalue weighted by Gasteiger charge is 2.49. The molecule has 5 rings (SSSR count). The fourth-order valence-corrected chi connectivity index (χ4v) is 5.89. The summed E-state index contributed by atoms with van der Waals surface area (Å²) in [5.74, 6) is -1.35. The number of benzene rings is 4. The highest BCUT2D eigenvalue weighted by Crippen LogP contribution is 2.41. The number of aryl methyl sites for hydroxylation is 3. The van der Waals surface area contributed by atoms with Crippen LogP contribution in [0.4, 0.5) is 0 Å². The van der Waals surface area contributed by atoms with E-state index in [9.17, 15) is 9.59 Å². The maximum absolute atomic E-state index is 14.0. The molecule has 0 saturated carbocycles. The molecule has 2 atom stereocenters. The molecule has 4 aromatic rings. The molecule has 39 heavy (non-hydrogen) atoms. The highest BCUT2D eigenvalue weighted by molar-refractivity contribution is 6.02. The SMILES string of the molecule is O=C1CC(CCc2ccccc2)(CCc2ccccc2)OC(=O)C1C(CCc1ccccc1)c1ccccc1. The molecule has 0 amide bonds. The lowest BCUT2D eigenvalue weighted by Crippen LogP contribution is -2.50. The van der Waals surface area contributed by atoms with Crippen LogP contribution in [0.15, 0.2) is 121 Å². The third kappa shape index (κ3) is 6.92. The number of hydrogen-bond donors (Lipinski definition) is 0. The minimum atomic E-state index is -0.795. The molecule has 0 aromatic heterocycles. The highest BCUT2D eigenvalue weighted by atomic mass is 16.6. The minimum Gasteiger partial charge on any atom is -0.458 e. The van der Waals surface area contributed by atoms with Crippen LogP contribution in [-0.2, 0) is 33.6 Å². The number of esters is 1. The molecule has 3 heteroatoms. The summed E-state index contributed by atoms with van der Waals surface area (Å²) in [6.07, 6.45) is 4.55. The first kappa shape index (κ1) is 26.6. The van der Waals surface area contributed by atoms with Gasteiger partial charge in [-0.15, -0.1) is 0 Å². The van der Waals surface area contributed by atoms with Gasteiger partial charge in [0.1, 0.15) is 11.5 Å². The quantitative estimate of drug-likeness (QED) is 0.153. The predicted molar refractivity (Wildman–Crippen MR) is 155 cm³/mol. The van der Waals surface area contributed by atoms with E-state index in [0.29, 0.717) is 19.3 Å². The number of ketones is 1. The molecule has 1 aliphatic heterocycles. The van der Waals surface area contributed by atoms with Crippen LogP contribution in [0.25, 0.3) is 0 Å². The van der Waals surface area contributed by atoms with Gasteiger partial charge in [-0.2, -0.15) is 0 Å². The first-order valence-corrected chi connectivity index (χ1v) is 14.0. The van der Waals surface area contributed by atoms with Gasteiger partial charge in [0.15, 0.2) is 5.78 Å². The van der Waals surface area contributed by atoms with E-state index in [1.165, 1.54) is 16.7 Å². The smallest absolute Gasteiger partial charge is 0.317 e. The van der Waals surface area contributed by atoms with Gasteiger partial charge in [0.25, 0.3) is 0 Å². The summed E-state index contributed by atoms with van der Waals surface area (Å²) in [4.78, 5) is 27.8. The number of Topliss-reactive ketones (excluding diaryl/α,β-unsaturated/α-hetero) is 1. The van der Waals surface area contributed by atoms with Crippen molar-refractivity contribution in [2.24, 2.45) is 5.92 Å². The second kappa shape index (κ2) is 12.7. The molecule has 1 aliphatic rings. The van der Waals surface area contributed by atoms with Gasteiger partial charge >= 0.3 is 5.97 Å². The van der Waals surface area contributed by atoms with Crippen LogP contribution in [0.1, 0.15) is 53.9 Å². The number of carbonyl (C=O) groups excluding carboxylic acids is 2. The van der Waals surface area contributed by atoms with Gasteiger partial charge in [-0.25, -0.2) is 0 Å². The number of carbonyl (C=O) groups is 2. The second-order valence-corrected chi connectivity index (χ2v) is 10.7. The fourth-order valence-electron chi connectivity index (χ4n) is 5.89. The van der Waals surface area contributed by atoms with Crippen LogP contribution in [0.5, 0.6) is 0 Å². The van der Waals surface area contributed by atoms with E-state index in [-0.39, 0.29) is 24.1 Å². The van der Waals surface area contributed by atoms with E-state index in [2.05, 4.69) is 36.4 Å². The summed E-state index contributed by atoms with van der Waals surface area (Å²) < 4.78 is 6.40. The largest absolute Gasteiger partial charge is 0.458 e. The molecule has 0 radical (unpaired) electrons. The van der Waals surface area contributed by atoms with Gasteiger partial charge in [-0.3, -0.25) is 9.59 Å². The lowest BCUT2D eigenvalue weighted by Gasteiger charge is -2.41. The van der Waals surface area contributed by atoms with Crippen molar-refractivity contribution in [1.82, 2.24) is 0 Å². The summed E-state index contributed by atoms with van der Waals surface area (Å²) in [6, 6.07) is 40.7. The summed E-state index contributed by atoms with van der Waals surface area (Å²) in [7, 11) is 0. The second-order valence-electron chi connectivity index (χ2n) is 10.7. The summed E-state index contributed by atoms with van der Waals surface area (Å²) in [5.41, 5.74) is 3.80. The normalized spacial score (nSPS) is 17.4. The average Bonchev–Trinajstić information content (AvgIpc) is 2.98. The first-order chi connectivity index (χ1) is 19.1. The third-order valence-corrected chi connectivity index (χ3v) is 8.06. The summed E-state index contributed by atoms with van der Waals surface area (Å²) >= 11 is 0. The predicted octanol–water partition coefficient (Wildman–Crippen LogP) is 7.54. The fraction of sp³-hybridized carbons (Fsp3) is 0.278. The van der Waals surface area contributed by atoms with E-state index in [1.54, 1.807) is 0 Å². The van der Waals surface area contributed by atoms with Crippen LogP contribution in [0.2, 0.25) is 0 Å². The van der Waals surface area contributed by atoms with Gasteiger partial charge < -0.3 is 4.74 Å². The summed E-state index contributed by atoms with van der Waals surface area (Å²) in [6.45, 7) is 0. The molecule has 3 nitrogen and oxygen atoms in total. The number of cyclic esters (lactones) is 1. The molecule has 4 aromatic carbocycles. The van der Waals surface area contributed by atoms with Gasteiger partial charge in [-0.1, -0.05) is 121 Å². The van der Waals surface area contributed by atoms with Crippen molar-refractivity contribution >= 4 is 11.8 Å². The topological polar surface area (TPSA) is 43.4 Å².